The number of carbonyl (C=O) groups excluding carboxylic acids is 3. The number of fused-ring (bicyclic) bond motifs is 1. The van der Waals surface area contributed by atoms with Gasteiger partial charge in [-0.05, 0) is 46.7 Å². The van der Waals surface area contributed by atoms with Crippen molar-refractivity contribution in [1.82, 2.24) is 10.2 Å². The first-order chi connectivity index (χ1) is 10.0. The van der Waals surface area contributed by atoms with Crippen molar-refractivity contribution in [3.63, 3.8) is 0 Å². The van der Waals surface area contributed by atoms with Crippen molar-refractivity contribution in [3.8, 4) is 6.07 Å². The molecule has 3 rings (SSSR count). The maximum absolute atomic E-state index is 12.5. The van der Waals surface area contributed by atoms with Crippen LogP contribution >= 0.6 is 22.6 Å². The summed E-state index contributed by atoms with van der Waals surface area (Å²) < 4.78 is 0.710. The fraction of sp³-hybridized carbons (Fsp3) is 0.286. The van der Waals surface area contributed by atoms with Gasteiger partial charge in [0.25, 0.3) is 5.91 Å². The van der Waals surface area contributed by atoms with Gasteiger partial charge in [0.2, 0.25) is 11.8 Å². The van der Waals surface area contributed by atoms with E-state index >= 15 is 0 Å². The van der Waals surface area contributed by atoms with Crippen molar-refractivity contribution >= 4 is 40.3 Å². The Morgan fingerprint density at radius 1 is 1.33 bits per heavy atom. The first-order valence-corrected chi connectivity index (χ1v) is 7.46. The molecule has 1 fully saturated rings. The maximum atomic E-state index is 12.5. The topological polar surface area (TPSA) is 90.3 Å². The molecular weight excluding hydrogens is 385 g/mol. The fourth-order valence-corrected chi connectivity index (χ4v) is 3.64. The molecule has 1 aromatic rings. The minimum atomic E-state index is -0.621. The van der Waals surface area contributed by atoms with Crippen molar-refractivity contribution in [3.05, 3.63) is 32.4 Å². The van der Waals surface area contributed by atoms with E-state index in [4.69, 9.17) is 5.26 Å². The number of nitrogens with one attached hydrogen (secondary N) is 1. The van der Waals surface area contributed by atoms with E-state index < -0.39 is 11.9 Å². The highest BCUT2D eigenvalue weighted by Crippen LogP contribution is 2.31. The highest BCUT2D eigenvalue weighted by atomic mass is 127. The Bertz CT molecular complexity index is 723. The smallest absolute Gasteiger partial charge is 0.256 e. The van der Waals surface area contributed by atoms with Crippen LogP contribution in [0, 0.1) is 14.9 Å². The Balaban J connectivity index is 1.94. The number of imide groups is 1. The highest BCUT2D eigenvalue weighted by Gasteiger charge is 2.40. The van der Waals surface area contributed by atoms with Gasteiger partial charge in [0, 0.05) is 16.5 Å². The van der Waals surface area contributed by atoms with Crippen molar-refractivity contribution in [2.75, 3.05) is 0 Å². The minimum absolute atomic E-state index is 0.214. The Morgan fingerprint density at radius 3 is 2.76 bits per heavy atom. The van der Waals surface area contributed by atoms with Gasteiger partial charge in [-0.2, -0.15) is 5.26 Å². The van der Waals surface area contributed by atoms with E-state index in [1.165, 1.54) is 4.90 Å². The zero-order chi connectivity index (χ0) is 15.1. The number of halogens is 1. The van der Waals surface area contributed by atoms with E-state index in [2.05, 4.69) is 11.4 Å². The molecule has 106 valence electrons. The molecule has 1 unspecified atom stereocenters. The Hall–Kier alpha value is -1.95. The average molecular weight is 395 g/mol. The zero-order valence-electron chi connectivity index (χ0n) is 10.9. The highest BCUT2D eigenvalue weighted by molar-refractivity contribution is 14.1. The summed E-state index contributed by atoms with van der Waals surface area (Å²) in [5, 5.41) is 11.3. The van der Waals surface area contributed by atoms with E-state index in [1.54, 1.807) is 12.1 Å². The second-order valence-corrected chi connectivity index (χ2v) is 6.17. The number of piperidine rings is 1. The van der Waals surface area contributed by atoms with Crippen LogP contribution in [0.4, 0.5) is 0 Å². The normalized spacial score (nSPS) is 21.0. The summed E-state index contributed by atoms with van der Waals surface area (Å²) >= 11 is 2.03. The van der Waals surface area contributed by atoms with Gasteiger partial charge < -0.3 is 4.90 Å². The molecule has 2 heterocycles. The molecule has 1 N–H and O–H groups in total. The number of benzene rings is 1. The van der Waals surface area contributed by atoms with E-state index in [1.807, 2.05) is 22.6 Å². The van der Waals surface area contributed by atoms with E-state index in [0.29, 0.717) is 27.7 Å². The third-order valence-corrected chi connectivity index (χ3v) is 4.55. The molecule has 3 amide bonds. The molecule has 2 aliphatic heterocycles. The van der Waals surface area contributed by atoms with Gasteiger partial charge in [0.05, 0.1) is 17.2 Å². The SMILES string of the molecule is N#Cc1cc(I)c2c(c1)CN(C1CCC(=O)NC1=O)C2=O. The average Bonchev–Trinajstić information content (AvgIpc) is 2.76. The van der Waals surface area contributed by atoms with Crippen LogP contribution in [0.25, 0.3) is 0 Å². The quantitative estimate of drug-likeness (QED) is 0.566. The lowest BCUT2D eigenvalue weighted by molar-refractivity contribution is -0.136. The fourth-order valence-electron chi connectivity index (χ4n) is 2.72. The van der Waals surface area contributed by atoms with Gasteiger partial charge in [-0.25, -0.2) is 0 Å². The van der Waals surface area contributed by atoms with Gasteiger partial charge in [0.1, 0.15) is 6.04 Å². The molecular formula is C14H10IN3O3. The number of hydrogen-bond donors (Lipinski definition) is 1. The summed E-state index contributed by atoms with van der Waals surface area (Å²) in [6.07, 6.45) is 0.573. The molecule has 21 heavy (non-hydrogen) atoms. The standard InChI is InChI=1S/C14H10IN3O3/c15-9-4-7(5-16)3-8-6-18(14(21)12(8)9)10-1-2-11(19)17-13(10)20/h3-4,10H,1-2,6H2,(H,17,19,20). The second kappa shape index (κ2) is 5.11. The summed E-state index contributed by atoms with van der Waals surface area (Å²) in [7, 11) is 0. The molecule has 0 saturated carbocycles. The first kappa shape index (κ1) is 14.0. The molecule has 7 heteroatoms. The van der Waals surface area contributed by atoms with Crippen LogP contribution in [0.5, 0.6) is 0 Å². The predicted octanol–water partition coefficient (Wildman–Crippen LogP) is 0.924. The number of carbonyl (C=O) groups is 3. The number of rotatable bonds is 1. The Morgan fingerprint density at radius 2 is 2.10 bits per heavy atom. The third-order valence-electron chi connectivity index (χ3n) is 3.70. The lowest BCUT2D eigenvalue weighted by Crippen LogP contribution is -2.52. The monoisotopic (exact) mass is 395 g/mol. The lowest BCUT2D eigenvalue weighted by Gasteiger charge is -2.29. The van der Waals surface area contributed by atoms with Crippen molar-refractivity contribution in [1.29, 1.82) is 5.26 Å². The lowest BCUT2D eigenvalue weighted by atomic mass is 10.0. The summed E-state index contributed by atoms with van der Waals surface area (Å²) in [6, 6.07) is 4.78. The number of hydrogen-bond acceptors (Lipinski definition) is 4. The van der Waals surface area contributed by atoms with Crippen LogP contribution < -0.4 is 5.32 Å². The molecule has 0 bridgehead atoms. The molecule has 0 aromatic heterocycles. The van der Waals surface area contributed by atoms with Gasteiger partial charge in [-0.3, -0.25) is 19.7 Å². The van der Waals surface area contributed by atoms with Gasteiger partial charge >= 0.3 is 0 Å². The third kappa shape index (κ3) is 2.29. The van der Waals surface area contributed by atoms with E-state index in [9.17, 15) is 14.4 Å². The molecule has 1 saturated heterocycles. The number of nitriles is 1. The van der Waals surface area contributed by atoms with Crippen LogP contribution in [-0.4, -0.2) is 28.7 Å². The first-order valence-electron chi connectivity index (χ1n) is 6.38. The summed E-state index contributed by atoms with van der Waals surface area (Å²) in [6.45, 7) is 0.298. The minimum Gasteiger partial charge on any atom is -0.322 e. The van der Waals surface area contributed by atoms with Gasteiger partial charge in [-0.15, -0.1) is 0 Å². The summed E-state index contributed by atoms with van der Waals surface area (Å²) in [4.78, 5) is 37.1. The summed E-state index contributed by atoms with van der Waals surface area (Å²) in [5.41, 5.74) is 1.81. The Kier molecular flexibility index (Phi) is 3.41. The molecule has 1 atom stereocenters. The van der Waals surface area contributed by atoms with Gasteiger partial charge in [-0.1, -0.05) is 0 Å². The molecule has 0 spiro atoms. The molecule has 0 radical (unpaired) electrons. The summed E-state index contributed by atoms with van der Waals surface area (Å²) in [5.74, 6) is -0.946. The van der Waals surface area contributed by atoms with Crippen molar-refractivity contribution in [2.45, 2.75) is 25.4 Å². The maximum Gasteiger partial charge on any atom is 0.256 e. The van der Waals surface area contributed by atoms with Crippen LogP contribution in [0.2, 0.25) is 0 Å². The number of amides is 3. The number of nitrogens with zero attached hydrogens (tertiary/aromatic N) is 2. The van der Waals surface area contributed by atoms with E-state index in [0.717, 1.165) is 5.56 Å². The second-order valence-electron chi connectivity index (χ2n) is 5.00. The largest absolute Gasteiger partial charge is 0.322 e. The molecule has 0 aliphatic carbocycles. The van der Waals surface area contributed by atoms with Gasteiger partial charge in [0.15, 0.2) is 0 Å². The zero-order valence-corrected chi connectivity index (χ0v) is 13.0. The Labute approximate surface area is 134 Å². The van der Waals surface area contributed by atoms with Crippen LogP contribution in [0.15, 0.2) is 12.1 Å². The van der Waals surface area contributed by atoms with Crippen LogP contribution in [0.1, 0.15) is 34.3 Å². The van der Waals surface area contributed by atoms with Crippen molar-refractivity contribution in [2.24, 2.45) is 0 Å². The molecule has 2 aliphatic rings. The van der Waals surface area contributed by atoms with Crippen molar-refractivity contribution < 1.29 is 14.4 Å². The van der Waals surface area contributed by atoms with E-state index in [-0.39, 0.29) is 18.2 Å². The predicted molar refractivity (Wildman–Crippen MR) is 79.9 cm³/mol. The molecule has 1 aromatic carbocycles. The van der Waals surface area contributed by atoms with Crippen LogP contribution in [0.3, 0.4) is 0 Å². The van der Waals surface area contributed by atoms with Crippen LogP contribution in [-0.2, 0) is 16.1 Å². The molecule has 6 nitrogen and oxygen atoms in total.